The number of rotatable bonds is 7. The average molecular weight is 497 g/mol. The lowest BCUT2D eigenvalue weighted by Gasteiger charge is -2.21. The van der Waals surface area contributed by atoms with Crippen molar-refractivity contribution in [3.8, 4) is 11.5 Å². The van der Waals surface area contributed by atoms with E-state index in [1.807, 2.05) is 0 Å². The quantitative estimate of drug-likeness (QED) is 0.339. The number of nitrogens with zero attached hydrogens (tertiary/aromatic N) is 1. The number of benzene rings is 2. The van der Waals surface area contributed by atoms with Gasteiger partial charge in [-0.25, -0.2) is 4.79 Å². The number of halogens is 2. The minimum atomic E-state index is -0.973. The summed E-state index contributed by atoms with van der Waals surface area (Å²) in [4.78, 5) is 35.6. The van der Waals surface area contributed by atoms with Gasteiger partial charge in [0.25, 0.3) is 11.6 Å². The Morgan fingerprint density at radius 1 is 1.15 bits per heavy atom. The van der Waals surface area contributed by atoms with Gasteiger partial charge in [0.1, 0.15) is 12.6 Å². The monoisotopic (exact) mass is 496 g/mol. The molecule has 33 heavy (non-hydrogen) atoms. The Balaban J connectivity index is 1.68. The second kappa shape index (κ2) is 10.7. The summed E-state index contributed by atoms with van der Waals surface area (Å²) in [5, 5.41) is 13.7. The van der Waals surface area contributed by atoms with Crippen molar-refractivity contribution < 1.29 is 28.7 Å². The average Bonchev–Trinajstić information content (AvgIpc) is 3.01. The first-order valence-electron chi connectivity index (χ1n) is 10.2. The van der Waals surface area contributed by atoms with Crippen LogP contribution >= 0.6 is 23.2 Å². The highest BCUT2D eigenvalue weighted by molar-refractivity contribution is 6.34. The Bertz CT molecular complexity index is 1070. The molecule has 1 aliphatic rings. The minimum Gasteiger partial charge on any atom is -0.489 e. The molecule has 3 rings (SSSR count). The van der Waals surface area contributed by atoms with Crippen molar-refractivity contribution in [1.29, 1.82) is 0 Å². The first-order valence-corrected chi connectivity index (χ1v) is 10.9. The highest BCUT2D eigenvalue weighted by atomic mass is 35.5. The zero-order chi connectivity index (χ0) is 24.1. The van der Waals surface area contributed by atoms with Crippen LogP contribution in [-0.4, -0.2) is 36.1 Å². The van der Waals surface area contributed by atoms with Crippen LogP contribution in [0.4, 0.5) is 5.69 Å². The van der Waals surface area contributed by atoms with Gasteiger partial charge in [-0.05, 0) is 29.7 Å². The molecule has 1 atom stereocenters. The molecule has 9 nitrogen and oxygen atoms in total. The van der Waals surface area contributed by atoms with Crippen molar-refractivity contribution in [3.05, 3.63) is 61.6 Å². The van der Waals surface area contributed by atoms with Gasteiger partial charge in [-0.2, -0.15) is 0 Å². The third kappa shape index (κ3) is 6.06. The van der Waals surface area contributed by atoms with Crippen molar-refractivity contribution in [1.82, 2.24) is 5.32 Å². The molecule has 2 aromatic carbocycles. The van der Waals surface area contributed by atoms with E-state index in [-0.39, 0.29) is 28.8 Å². The molecule has 0 radical (unpaired) electrons. The molecule has 1 heterocycles. The lowest BCUT2D eigenvalue weighted by Crippen LogP contribution is -2.45. The van der Waals surface area contributed by atoms with Gasteiger partial charge in [0.05, 0.1) is 33.7 Å². The fraction of sp³-hybridized carbons (Fsp3) is 0.364. The molecule has 1 N–H and O–H groups in total. The molecule has 1 amide bonds. The van der Waals surface area contributed by atoms with Crippen LogP contribution < -0.4 is 14.8 Å². The van der Waals surface area contributed by atoms with E-state index < -0.39 is 22.8 Å². The van der Waals surface area contributed by atoms with Gasteiger partial charge in [0.15, 0.2) is 11.5 Å². The Labute approximate surface area is 200 Å². The van der Waals surface area contributed by atoms with E-state index in [2.05, 4.69) is 5.32 Å². The fourth-order valence-corrected chi connectivity index (χ4v) is 3.68. The van der Waals surface area contributed by atoms with Crippen LogP contribution in [0.25, 0.3) is 0 Å². The second-order valence-corrected chi connectivity index (χ2v) is 8.49. The van der Waals surface area contributed by atoms with Crippen LogP contribution in [-0.2, 0) is 16.1 Å². The fourth-order valence-electron chi connectivity index (χ4n) is 3.13. The first-order chi connectivity index (χ1) is 15.7. The number of hydrogen-bond donors (Lipinski definition) is 1. The van der Waals surface area contributed by atoms with Crippen molar-refractivity contribution >= 4 is 40.8 Å². The molecular weight excluding hydrogens is 475 g/mol. The predicted octanol–water partition coefficient (Wildman–Crippen LogP) is 4.56. The second-order valence-electron chi connectivity index (χ2n) is 7.68. The highest BCUT2D eigenvalue weighted by Gasteiger charge is 2.28. The zero-order valence-corrected chi connectivity index (χ0v) is 19.4. The Morgan fingerprint density at radius 3 is 2.55 bits per heavy atom. The summed E-state index contributed by atoms with van der Waals surface area (Å²) in [5.74, 6) is -0.668. The summed E-state index contributed by atoms with van der Waals surface area (Å²) in [6.45, 7) is 4.38. The van der Waals surface area contributed by atoms with Crippen LogP contribution in [0, 0.1) is 16.0 Å². The molecule has 0 saturated heterocycles. The molecule has 2 aromatic rings. The number of ether oxygens (including phenoxy) is 3. The third-order valence-corrected chi connectivity index (χ3v) is 5.45. The van der Waals surface area contributed by atoms with E-state index in [1.165, 1.54) is 6.07 Å². The Hall–Kier alpha value is -3.04. The number of amides is 1. The number of esters is 1. The molecular formula is C22H22Cl2N2O7. The van der Waals surface area contributed by atoms with Gasteiger partial charge < -0.3 is 19.5 Å². The van der Waals surface area contributed by atoms with Gasteiger partial charge in [0, 0.05) is 18.6 Å². The van der Waals surface area contributed by atoms with E-state index in [0.29, 0.717) is 35.3 Å². The van der Waals surface area contributed by atoms with E-state index in [0.717, 1.165) is 18.6 Å². The number of nitrogens with one attached hydrogen (secondary N) is 1. The van der Waals surface area contributed by atoms with Gasteiger partial charge in [-0.3, -0.25) is 14.9 Å². The van der Waals surface area contributed by atoms with Gasteiger partial charge >= 0.3 is 5.97 Å². The summed E-state index contributed by atoms with van der Waals surface area (Å²) in [5.41, 5.74) is 0.366. The van der Waals surface area contributed by atoms with Gasteiger partial charge in [-0.1, -0.05) is 37.0 Å². The standard InChI is InChI=1S/C22H22Cl2N2O7/c1-12(2)19(25-21(27)15-5-4-14(26(29)30)10-16(15)23)22(28)33-11-13-8-17(24)20-18(9-13)31-6-3-7-32-20/h4-5,8-10,12,19H,3,6-7,11H2,1-2H3,(H,25,27)/t19-/m0/s1. The Kier molecular flexibility index (Phi) is 7.99. The number of carbonyl (C=O) groups excluding carboxylic acids is 2. The predicted molar refractivity (Wildman–Crippen MR) is 121 cm³/mol. The van der Waals surface area contributed by atoms with Crippen molar-refractivity contribution in [2.45, 2.75) is 32.9 Å². The number of non-ortho nitro benzene ring substituents is 1. The molecule has 0 fully saturated rings. The van der Waals surface area contributed by atoms with E-state index in [1.54, 1.807) is 26.0 Å². The summed E-state index contributed by atoms with van der Waals surface area (Å²) in [6.07, 6.45) is 0.726. The summed E-state index contributed by atoms with van der Waals surface area (Å²) < 4.78 is 16.6. The molecule has 0 aromatic heterocycles. The summed E-state index contributed by atoms with van der Waals surface area (Å²) in [6, 6.07) is 5.82. The van der Waals surface area contributed by atoms with E-state index in [4.69, 9.17) is 37.4 Å². The minimum absolute atomic E-state index is 0.00963. The molecule has 0 unspecified atom stereocenters. The SMILES string of the molecule is CC(C)[C@H](NC(=O)c1ccc([N+](=O)[O-])cc1Cl)C(=O)OCc1cc(Cl)c2c(c1)OCCCO2. The zero-order valence-electron chi connectivity index (χ0n) is 17.9. The van der Waals surface area contributed by atoms with Crippen LogP contribution in [0.3, 0.4) is 0 Å². The van der Waals surface area contributed by atoms with Crippen LogP contribution in [0.5, 0.6) is 11.5 Å². The summed E-state index contributed by atoms with van der Waals surface area (Å²) >= 11 is 12.3. The first kappa shape index (κ1) is 24.6. The number of fused-ring (bicyclic) bond motifs is 1. The molecule has 0 bridgehead atoms. The molecule has 0 saturated carbocycles. The maximum atomic E-state index is 12.7. The van der Waals surface area contributed by atoms with Crippen LogP contribution in [0.1, 0.15) is 36.2 Å². The molecule has 0 aliphatic carbocycles. The maximum absolute atomic E-state index is 12.7. The van der Waals surface area contributed by atoms with Crippen LogP contribution in [0.15, 0.2) is 30.3 Å². The molecule has 11 heteroatoms. The van der Waals surface area contributed by atoms with E-state index in [9.17, 15) is 19.7 Å². The van der Waals surface area contributed by atoms with Gasteiger partial charge in [0.2, 0.25) is 0 Å². The number of hydrogen-bond acceptors (Lipinski definition) is 7. The topological polar surface area (TPSA) is 117 Å². The van der Waals surface area contributed by atoms with Gasteiger partial charge in [-0.15, -0.1) is 0 Å². The maximum Gasteiger partial charge on any atom is 0.329 e. The third-order valence-electron chi connectivity index (χ3n) is 4.86. The lowest BCUT2D eigenvalue weighted by atomic mass is 10.0. The Morgan fingerprint density at radius 2 is 1.88 bits per heavy atom. The van der Waals surface area contributed by atoms with Crippen molar-refractivity contribution in [3.63, 3.8) is 0 Å². The number of carbonyl (C=O) groups is 2. The van der Waals surface area contributed by atoms with Crippen LogP contribution in [0.2, 0.25) is 10.0 Å². The normalized spacial score (nSPS) is 13.7. The summed E-state index contributed by atoms with van der Waals surface area (Å²) in [7, 11) is 0. The molecule has 0 spiro atoms. The smallest absolute Gasteiger partial charge is 0.329 e. The number of nitro benzene ring substituents is 1. The van der Waals surface area contributed by atoms with Crippen molar-refractivity contribution in [2.24, 2.45) is 5.92 Å². The van der Waals surface area contributed by atoms with Crippen molar-refractivity contribution in [2.75, 3.05) is 13.2 Å². The number of nitro groups is 1. The molecule has 1 aliphatic heterocycles. The van der Waals surface area contributed by atoms with E-state index >= 15 is 0 Å². The largest absolute Gasteiger partial charge is 0.489 e. The lowest BCUT2D eigenvalue weighted by molar-refractivity contribution is -0.384. The highest BCUT2D eigenvalue weighted by Crippen LogP contribution is 2.38. The molecule has 176 valence electrons.